The van der Waals surface area contributed by atoms with Crippen LogP contribution in [0.15, 0.2) is 30.3 Å². The number of hydrogen-bond donors (Lipinski definition) is 0. The van der Waals surface area contributed by atoms with E-state index in [1.54, 1.807) is 10.4 Å². The standard InChI is InChI=1S/C16H19NS/c1-12-13(2)18-16-11-17(9-8-15(12)16)10-14-6-4-3-5-7-14/h3-7H,8-11H2,1-2H3. The van der Waals surface area contributed by atoms with Crippen LogP contribution in [-0.4, -0.2) is 11.4 Å². The molecule has 2 heteroatoms. The molecule has 1 nitrogen and oxygen atoms in total. The predicted octanol–water partition coefficient (Wildman–Crippen LogP) is 3.92. The molecule has 0 spiro atoms. The van der Waals surface area contributed by atoms with Gasteiger partial charge in [0, 0.05) is 29.4 Å². The number of thiophene rings is 1. The monoisotopic (exact) mass is 257 g/mol. The van der Waals surface area contributed by atoms with E-state index in [-0.39, 0.29) is 0 Å². The number of nitrogens with zero attached hydrogens (tertiary/aromatic N) is 1. The maximum atomic E-state index is 2.56. The van der Waals surface area contributed by atoms with E-state index >= 15 is 0 Å². The lowest BCUT2D eigenvalue weighted by Gasteiger charge is -2.27. The molecule has 0 unspecified atom stereocenters. The van der Waals surface area contributed by atoms with Gasteiger partial charge in [-0.15, -0.1) is 11.3 Å². The van der Waals surface area contributed by atoms with E-state index in [1.165, 1.54) is 29.0 Å². The molecule has 18 heavy (non-hydrogen) atoms. The molecule has 1 aromatic carbocycles. The minimum Gasteiger partial charge on any atom is -0.294 e. The van der Waals surface area contributed by atoms with Crippen molar-refractivity contribution in [1.82, 2.24) is 4.90 Å². The first kappa shape index (κ1) is 11.9. The highest BCUT2D eigenvalue weighted by molar-refractivity contribution is 7.12. The normalized spacial score (nSPS) is 15.7. The van der Waals surface area contributed by atoms with Crippen LogP contribution in [0, 0.1) is 13.8 Å². The average molecular weight is 257 g/mol. The van der Waals surface area contributed by atoms with Crippen LogP contribution in [0.25, 0.3) is 0 Å². The Morgan fingerprint density at radius 3 is 2.72 bits per heavy atom. The number of benzene rings is 1. The van der Waals surface area contributed by atoms with Gasteiger partial charge in [-0.1, -0.05) is 30.3 Å². The second kappa shape index (κ2) is 4.87. The number of hydrogen-bond acceptors (Lipinski definition) is 2. The van der Waals surface area contributed by atoms with Crippen LogP contribution in [0.5, 0.6) is 0 Å². The van der Waals surface area contributed by atoms with Crippen LogP contribution in [0.4, 0.5) is 0 Å². The van der Waals surface area contributed by atoms with Gasteiger partial charge in [0.05, 0.1) is 0 Å². The molecule has 0 radical (unpaired) electrons. The van der Waals surface area contributed by atoms with Crippen molar-refractivity contribution in [3.63, 3.8) is 0 Å². The number of rotatable bonds is 2. The average Bonchev–Trinajstić information content (AvgIpc) is 2.66. The minimum atomic E-state index is 1.08. The summed E-state index contributed by atoms with van der Waals surface area (Å²) in [7, 11) is 0. The van der Waals surface area contributed by atoms with Crippen molar-refractivity contribution in [2.45, 2.75) is 33.4 Å². The van der Waals surface area contributed by atoms with Crippen LogP contribution in [0.2, 0.25) is 0 Å². The molecule has 0 atom stereocenters. The Bertz CT molecular complexity index is 542. The fraction of sp³-hybridized carbons (Fsp3) is 0.375. The van der Waals surface area contributed by atoms with Gasteiger partial charge in [-0.05, 0) is 37.0 Å². The summed E-state index contributed by atoms with van der Waals surface area (Å²) in [6, 6.07) is 10.8. The van der Waals surface area contributed by atoms with E-state index in [2.05, 4.69) is 49.1 Å². The van der Waals surface area contributed by atoms with Gasteiger partial charge in [0.1, 0.15) is 0 Å². The van der Waals surface area contributed by atoms with Gasteiger partial charge in [0.25, 0.3) is 0 Å². The van der Waals surface area contributed by atoms with Gasteiger partial charge < -0.3 is 0 Å². The zero-order valence-electron chi connectivity index (χ0n) is 11.1. The molecule has 0 saturated carbocycles. The van der Waals surface area contributed by atoms with Gasteiger partial charge in [0.2, 0.25) is 0 Å². The van der Waals surface area contributed by atoms with E-state index < -0.39 is 0 Å². The fourth-order valence-corrected chi connectivity index (χ4v) is 4.00. The van der Waals surface area contributed by atoms with Gasteiger partial charge in [-0.2, -0.15) is 0 Å². The highest BCUT2D eigenvalue weighted by atomic mass is 32.1. The van der Waals surface area contributed by atoms with Crippen molar-refractivity contribution in [3.05, 3.63) is 56.8 Å². The molecule has 0 saturated heterocycles. The lowest BCUT2D eigenvalue weighted by Crippen LogP contribution is -2.29. The molecular weight excluding hydrogens is 238 g/mol. The van der Waals surface area contributed by atoms with Crippen LogP contribution < -0.4 is 0 Å². The summed E-state index contributed by atoms with van der Waals surface area (Å²) >= 11 is 1.99. The quantitative estimate of drug-likeness (QED) is 0.788. The molecule has 0 aliphatic carbocycles. The summed E-state index contributed by atoms with van der Waals surface area (Å²) < 4.78 is 0. The molecule has 2 aromatic rings. The SMILES string of the molecule is Cc1sc2c(c1C)CCN(Cc1ccccc1)C2. The van der Waals surface area contributed by atoms with Gasteiger partial charge in [0.15, 0.2) is 0 Å². The second-order valence-electron chi connectivity index (χ2n) is 5.13. The number of fused-ring (bicyclic) bond motifs is 1. The summed E-state index contributed by atoms with van der Waals surface area (Å²) in [5, 5.41) is 0. The zero-order valence-corrected chi connectivity index (χ0v) is 11.9. The largest absolute Gasteiger partial charge is 0.294 e. The molecule has 0 N–H and O–H groups in total. The topological polar surface area (TPSA) is 3.24 Å². The Hall–Kier alpha value is -1.12. The highest BCUT2D eigenvalue weighted by Gasteiger charge is 2.20. The van der Waals surface area contributed by atoms with Crippen LogP contribution >= 0.6 is 11.3 Å². The Morgan fingerprint density at radius 1 is 1.17 bits per heavy atom. The van der Waals surface area contributed by atoms with E-state index in [0.717, 1.165) is 13.1 Å². The lowest BCUT2D eigenvalue weighted by molar-refractivity contribution is 0.248. The van der Waals surface area contributed by atoms with Crippen LogP contribution in [0.1, 0.15) is 26.4 Å². The zero-order chi connectivity index (χ0) is 12.5. The van der Waals surface area contributed by atoms with Crippen molar-refractivity contribution in [1.29, 1.82) is 0 Å². The van der Waals surface area contributed by atoms with E-state index in [9.17, 15) is 0 Å². The molecule has 1 aliphatic rings. The molecule has 1 aromatic heterocycles. The third-order valence-electron chi connectivity index (χ3n) is 3.89. The van der Waals surface area contributed by atoms with Gasteiger partial charge >= 0.3 is 0 Å². The van der Waals surface area contributed by atoms with Crippen LogP contribution in [0.3, 0.4) is 0 Å². The van der Waals surface area contributed by atoms with Crippen molar-refractivity contribution >= 4 is 11.3 Å². The molecule has 3 rings (SSSR count). The maximum absolute atomic E-state index is 2.56. The smallest absolute Gasteiger partial charge is 0.0334 e. The number of aryl methyl sites for hydroxylation is 1. The Morgan fingerprint density at radius 2 is 1.94 bits per heavy atom. The molecule has 2 heterocycles. The van der Waals surface area contributed by atoms with Gasteiger partial charge in [-0.3, -0.25) is 4.90 Å². The first-order chi connectivity index (χ1) is 8.74. The first-order valence-electron chi connectivity index (χ1n) is 6.58. The fourth-order valence-electron chi connectivity index (χ4n) is 2.73. The summed E-state index contributed by atoms with van der Waals surface area (Å²) in [6.07, 6.45) is 1.22. The molecule has 0 bridgehead atoms. The van der Waals surface area contributed by atoms with Crippen molar-refractivity contribution < 1.29 is 0 Å². The molecule has 0 amide bonds. The summed E-state index contributed by atoms with van der Waals surface area (Å²) in [5.74, 6) is 0. The minimum absolute atomic E-state index is 1.08. The third-order valence-corrected chi connectivity index (χ3v) is 5.12. The summed E-state index contributed by atoms with van der Waals surface area (Å²) in [6.45, 7) is 7.93. The Kier molecular flexibility index (Phi) is 3.23. The summed E-state index contributed by atoms with van der Waals surface area (Å²) in [5.41, 5.74) is 4.59. The van der Waals surface area contributed by atoms with Crippen molar-refractivity contribution in [2.75, 3.05) is 6.54 Å². The Labute approximate surface area is 113 Å². The van der Waals surface area contributed by atoms with Crippen molar-refractivity contribution in [3.8, 4) is 0 Å². The molecule has 1 aliphatic heterocycles. The molecule has 94 valence electrons. The first-order valence-corrected chi connectivity index (χ1v) is 7.39. The Balaban J connectivity index is 1.75. The van der Waals surface area contributed by atoms with Crippen molar-refractivity contribution in [2.24, 2.45) is 0 Å². The molecule has 0 fully saturated rings. The van der Waals surface area contributed by atoms with Crippen LogP contribution in [-0.2, 0) is 19.5 Å². The third kappa shape index (κ3) is 2.23. The summed E-state index contributed by atoms with van der Waals surface area (Å²) in [4.78, 5) is 5.65. The maximum Gasteiger partial charge on any atom is 0.0334 e. The second-order valence-corrected chi connectivity index (χ2v) is 6.44. The highest BCUT2D eigenvalue weighted by Crippen LogP contribution is 2.32. The van der Waals surface area contributed by atoms with Gasteiger partial charge in [-0.25, -0.2) is 0 Å². The lowest BCUT2D eigenvalue weighted by atomic mass is 10.0. The molecular formula is C16H19NS. The van der Waals surface area contributed by atoms with E-state index in [4.69, 9.17) is 0 Å². The predicted molar refractivity (Wildman–Crippen MR) is 78.1 cm³/mol. The van der Waals surface area contributed by atoms with E-state index in [0.29, 0.717) is 0 Å². The van der Waals surface area contributed by atoms with E-state index in [1.807, 2.05) is 11.3 Å².